The molecule has 1 fully saturated rings. The molecule has 3 heterocycles. The summed E-state index contributed by atoms with van der Waals surface area (Å²) in [6, 6.07) is 6.44. The van der Waals surface area contributed by atoms with Crippen molar-refractivity contribution in [2.75, 3.05) is 44.8 Å². The Bertz CT molecular complexity index is 1030. The van der Waals surface area contributed by atoms with Crippen LogP contribution in [0.5, 0.6) is 0 Å². The molecule has 4 rings (SSSR count). The Morgan fingerprint density at radius 3 is 2.93 bits per heavy atom. The second-order valence-corrected chi connectivity index (χ2v) is 7.02. The van der Waals surface area contributed by atoms with Gasteiger partial charge in [-0.15, -0.1) is 0 Å². The van der Waals surface area contributed by atoms with E-state index in [0.29, 0.717) is 43.0 Å². The molecule has 1 aliphatic rings. The largest absolute Gasteiger partial charge is 0.448 e. The van der Waals surface area contributed by atoms with E-state index in [2.05, 4.69) is 20.7 Å². The molecule has 158 valence electrons. The Morgan fingerprint density at radius 1 is 1.30 bits per heavy atom. The molecule has 9 heteroatoms. The van der Waals surface area contributed by atoms with Crippen LogP contribution in [0.2, 0.25) is 0 Å². The Kier molecular flexibility index (Phi) is 6.22. The number of hydrogen-bond donors (Lipinski definition) is 2. The van der Waals surface area contributed by atoms with Gasteiger partial charge in [0.2, 0.25) is 5.76 Å². The molecule has 1 aromatic carbocycles. The van der Waals surface area contributed by atoms with Crippen molar-refractivity contribution in [3.8, 4) is 0 Å². The summed E-state index contributed by atoms with van der Waals surface area (Å²) in [4.78, 5) is 24.3. The monoisotopic (exact) mass is 414 g/mol. The fourth-order valence-electron chi connectivity index (χ4n) is 3.24. The van der Waals surface area contributed by atoms with E-state index >= 15 is 0 Å². The van der Waals surface area contributed by atoms with Crippen LogP contribution in [-0.2, 0) is 9.57 Å². The molecule has 0 saturated carbocycles. The summed E-state index contributed by atoms with van der Waals surface area (Å²) in [5, 5.41) is 3.53. The summed E-state index contributed by atoms with van der Waals surface area (Å²) < 4.78 is 25.4. The lowest BCUT2D eigenvalue weighted by Crippen LogP contribution is -2.39. The van der Waals surface area contributed by atoms with Gasteiger partial charge < -0.3 is 14.5 Å². The predicted molar refractivity (Wildman–Crippen MR) is 109 cm³/mol. The van der Waals surface area contributed by atoms with Gasteiger partial charge >= 0.3 is 5.91 Å². The smallest absolute Gasteiger partial charge is 0.312 e. The maximum absolute atomic E-state index is 14.4. The highest BCUT2D eigenvalue weighted by Gasteiger charge is 2.22. The molecule has 2 aromatic heterocycles. The molecule has 1 amide bonds. The van der Waals surface area contributed by atoms with E-state index in [-0.39, 0.29) is 11.4 Å². The van der Waals surface area contributed by atoms with Crippen molar-refractivity contribution < 1.29 is 23.2 Å². The van der Waals surface area contributed by atoms with Gasteiger partial charge in [0, 0.05) is 32.0 Å². The molecule has 1 saturated heterocycles. The number of nitrogens with one attached hydrogen (secondary N) is 2. The van der Waals surface area contributed by atoms with Crippen LogP contribution >= 0.6 is 0 Å². The summed E-state index contributed by atoms with van der Waals surface area (Å²) in [5.74, 6) is -1.01. The lowest BCUT2D eigenvalue weighted by atomic mass is 10.2. The Hall–Kier alpha value is -3.01. The fourth-order valence-corrected chi connectivity index (χ4v) is 3.24. The summed E-state index contributed by atoms with van der Waals surface area (Å²) in [7, 11) is 0. The molecule has 0 spiro atoms. The highest BCUT2D eigenvalue weighted by atomic mass is 19.1. The van der Waals surface area contributed by atoms with Crippen LogP contribution in [-0.4, -0.2) is 55.2 Å². The van der Waals surface area contributed by atoms with Crippen molar-refractivity contribution in [2.24, 2.45) is 0 Å². The Balaban J connectivity index is 1.48. The first kappa shape index (κ1) is 20.3. The van der Waals surface area contributed by atoms with Crippen LogP contribution in [0.3, 0.4) is 0 Å². The number of halogens is 1. The van der Waals surface area contributed by atoms with E-state index in [1.54, 1.807) is 37.5 Å². The molecule has 3 aromatic rings. The average molecular weight is 414 g/mol. The minimum atomic E-state index is -0.566. The number of hydrogen-bond acceptors (Lipinski definition) is 7. The molecule has 2 N–H and O–H groups in total. The fraction of sp³-hybridized carbons (Fsp3) is 0.333. The third-order valence-electron chi connectivity index (χ3n) is 4.86. The quantitative estimate of drug-likeness (QED) is 0.454. The predicted octanol–water partition coefficient (Wildman–Crippen LogP) is 3.01. The molecule has 0 unspecified atom stereocenters. The van der Waals surface area contributed by atoms with Gasteiger partial charge in [0.25, 0.3) is 0 Å². The van der Waals surface area contributed by atoms with Gasteiger partial charge in [-0.05, 0) is 30.7 Å². The van der Waals surface area contributed by atoms with Crippen LogP contribution < -0.4 is 10.8 Å². The van der Waals surface area contributed by atoms with Gasteiger partial charge in [-0.2, -0.15) is 0 Å². The van der Waals surface area contributed by atoms with E-state index < -0.39 is 11.7 Å². The number of aryl methyl sites for hydroxylation is 1. The number of benzene rings is 1. The molecule has 8 nitrogen and oxygen atoms in total. The second kappa shape index (κ2) is 9.21. The number of hydroxylamine groups is 1. The first-order valence-electron chi connectivity index (χ1n) is 9.74. The number of aromatic nitrogens is 1. The number of pyridine rings is 1. The van der Waals surface area contributed by atoms with E-state index in [1.807, 2.05) is 0 Å². The lowest BCUT2D eigenvalue weighted by molar-refractivity contribution is -0.00254. The zero-order valence-electron chi connectivity index (χ0n) is 16.6. The summed E-state index contributed by atoms with van der Waals surface area (Å²) in [5.41, 5.74) is 4.22. The minimum Gasteiger partial charge on any atom is -0.448 e. The van der Waals surface area contributed by atoms with Crippen LogP contribution in [0, 0.1) is 12.7 Å². The summed E-state index contributed by atoms with van der Waals surface area (Å²) in [6.45, 7) is 5.87. The highest BCUT2D eigenvalue weighted by molar-refractivity contribution is 6.06. The van der Waals surface area contributed by atoms with Gasteiger partial charge in [-0.3, -0.25) is 19.5 Å². The summed E-state index contributed by atoms with van der Waals surface area (Å²) >= 11 is 0. The first-order chi connectivity index (χ1) is 14.6. The summed E-state index contributed by atoms with van der Waals surface area (Å²) in [6.07, 6.45) is 3.12. The third kappa shape index (κ3) is 4.59. The van der Waals surface area contributed by atoms with E-state index in [1.165, 1.54) is 6.07 Å². The second-order valence-electron chi connectivity index (χ2n) is 7.02. The lowest BCUT2D eigenvalue weighted by Gasteiger charge is -2.26. The van der Waals surface area contributed by atoms with Crippen molar-refractivity contribution in [2.45, 2.75) is 6.92 Å². The number of morpholine rings is 1. The van der Waals surface area contributed by atoms with E-state index in [4.69, 9.17) is 14.0 Å². The van der Waals surface area contributed by atoms with Gasteiger partial charge in [0.15, 0.2) is 0 Å². The number of amides is 1. The minimum absolute atomic E-state index is 0.00986. The Morgan fingerprint density at radius 2 is 2.13 bits per heavy atom. The molecule has 30 heavy (non-hydrogen) atoms. The SMILES string of the molecule is Cc1ccc(Nc2c(C(=O)NOCCN3CCOCC3)oc3ccncc23)c(F)c1. The number of furan rings is 1. The molecular weight excluding hydrogens is 391 g/mol. The number of rotatable bonds is 7. The molecule has 0 aliphatic carbocycles. The highest BCUT2D eigenvalue weighted by Crippen LogP contribution is 2.33. The number of ether oxygens (including phenoxy) is 1. The van der Waals surface area contributed by atoms with Gasteiger partial charge in [-0.25, -0.2) is 9.87 Å². The van der Waals surface area contributed by atoms with Crippen LogP contribution in [0.25, 0.3) is 11.0 Å². The molecular formula is C21H23FN4O4. The van der Waals surface area contributed by atoms with Crippen molar-refractivity contribution >= 4 is 28.3 Å². The first-order valence-corrected chi connectivity index (χ1v) is 9.74. The standard InChI is InChI=1S/C21H23FN4O4/c1-14-2-3-17(16(22)12-14)24-19-15-13-23-5-4-18(15)30-20(19)21(27)25-29-11-8-26-6-9-28-10-7-26/h2-5,12-13,24H,6-11H2,1H3,(H,25,27). The normalized spacial score (nSPS) is 14.7. The van der Waals surface area contributed by atoms with Gasteiger partial charge in [-0.1, -0.05) is 6.07 Å². The van der Waals surface area contributed by atoms with Crippen molar-refractivity contribution in [3.63, 3.8) is 0 Å². The van der Waals surface area contributed by atoms with Crippen molar-refractivity contribution in [3.05, 3.63) is 53.8 Å². The molecule has 0 atom stereocenters. The van der Waals surface area contributed by atoms with Crippen molar-refractivity contribution in [1.82, 2.24) is 15.4 Å². The number of carbonyl (C=O) groups excluding carboxylic acids is 1. The van der Waals surface area contributed by atoms with Gasteiger partial charge in [0.1, 0.15) is 17.1 Å². The topological polar surface area (TPSA) is 88.9 Å². The molecule has 0 bridgehead atoms. The van der Waals surface area contributed by atoms with Gasteiger partial charge in [0.05, 0.1) is 30.9 Å². The van der Waals surface area contributed by atoms with Crippen LogP contribution in [0.4, 0.5) is 15.8 Å². The zero-order chi connectivity index (χ0) is 20.9. The maximum atomic E-state index is 14.4. The average Bonchev–Trinajstić information content (AvgIpc) is 3.12. The maximum Gasteiger partial charge on any atom is 0.312 e. The van der Waals surface area contributed by atoms with Crippen molar-refractivity contribution in [1.29, 1.82) is 0 Å². The number of fused-ring (bicyclic) bond motifs is 1. The molecule has 1 aliphatic heterocycles. The number of nitrogens with zero attached hydrogens (tertiary/aromatic N) is 2. The third-order valence-corrected chi connectivity index (χ3v) is 4.86. The van der Waals surface area contributed by atoms with E-state index in [0.717, 1.165) is 18.7 Å². The van der Waals surface area contributed by atoms with Crippen LogP contribution in [0.1, 0.15) is 16.1 Å². The number of carbonyl (C=O) groups is 1. The molecule has 0 radical (unpaired) electrons. The van der Waals surface area contributed by atoms with E-state index in [9.17, 15) is 9.18 Å². The Labute approximate surface area is 172 Å². The zero-order valence-corrected chi connectivity index (χ0v) is 16.6. The van der Waals surface area contributed by atoms with Crippen LogP contribution in [0.15, 0.2) is 41.1 Å². The number of anilines is 2.